The van der Waals surface area contributed by atoms with Gasteiger partial charge in [0.1, 0.15) is 0 Å². The Hall–Kier alpha value is -3.08. The van der Waals surface area contributed by atoms with Crippen LogP contribution in [0, 0.1) is 0 Å². The van der Waals surface area contributed by atoms with Gasteiger partial charge >= 0.3 is 0 Å². The molecule has 128 valence electrons. The van der Waals surface area contributed by atoms with Crippen LogP contribution in [0.4, 0.5) is 5.69 Å². The van der Waals surface area contributed by atoms with E-state index < -0.39 is 0 Å². The van der Waals surface area contributed by atoms with Crippen LogP contribution in [0.3, 0.4) is 0 Å². The van der Waals surface area contributed by atoms with Gasteiger partial charge in [-0.1, -0.05) is 30.3 Å². The number of para-hydroxylation sites is 1. The highest BCUT2D eigenvalue weighted by atomic mass is 16.2. The van der Waals surface area contributed by atoms with Crippen molar-refractivity contribution in [3.63, 3.8) is 0 Å². The molecule has 5 heteroatoms. The van der Waals surface area contributed by atoms with E-state index in [4.69, 9.17) is 0 Å². The zero-order valence-corrected chi connectivity index (χ0v) is 14.5. The fourth-order valence-corrected chi connectivity index (χ4v) is 2.85. The number of rotatable bonds is 6. The molecule has 1 aromatic heterocycles. The summed E-state index contributed by atoms with van der Waals surface area (Å²) in [7, 11) is 0. The van der Waals surface area contributed by atoms with Crippen molar-refractivity contribution < 1.29 is 4.79 Å². The second kappa shape index (κ2) is 7.66. The van der Waals surface area contributed by atoms with E-state index in [1.54, 1.807) is 12.4 Å². The highest BCUT2D eigenvalue weighted by Crippen LogP contribution is 2.17. The van der Waals surface area contributed by atoms with Gasteiger partial charge in [0, 0.05) is 35.9 Å². The van der Waals surface area contributed by atoms with E-state index in [1.807, 2.05) is 36.4 Å². The van der Waals surface area contributed by atoms with Gasteiger partial charge in [-0.15, -0.1) is 0 Å². The highest BCUT2D eigenvalue weighted by Gasteiger charge is 2.10. The van der Waals surface area contributed by atoms with Crippen LogP contribution in [0.1, 0.15) is 29.8 Å². The lowest BCUT2D eigenvalue weighted by Gasteiger charge is -2.20. The first-order valence-electron chi connectivity index (χ1n) is 8.47. The van der Waals surface area contributed by atoms with Crippen molar-refractivity contribution in [3.05, 3.63) is 65.9 Å². The predicted molar refractivity (Wildman–Crippen MR) is 103 cm³/mol. The van der Waals surface area contributed by atoms with E-state index >= 15 is 0 Å². The molecule has 25 heavy (non-hydrogen) atoms. The summed E-state index contributed by atoms with van der Waals surface area (Å²) in [5.41, 5.74) is 6.23. The summed E-state index contributed by atoms with van der Waals surface area (Å²) in [4.78, 5) is 17.6. The number of H-pyrrole nitrogens is 1. The normalized spacial score (nSPS) is 11.1. The number of hydrazone groups is 1. The smallest absolute Gasteiger partial charge is 0.273 e. The number of aromatic amines is 1. The molecule has 0 fully saturated rings. The van der Waals surface area contributed by atoms with Crippen molar-refractivity contribution in [1.29, 1.82) is 0 Å². The predicted octanol–water partition coefficient (Wildman–Crippen LogP) is 3.78. The quantitative estimate of drug-likeness (QED) is 0.532. The summed E-state index contributed by atoms with van der Waals surface area (Å²) in [5, 5.41) is 4.95. The minimum absolute atomic E-state index is 0.228. The standard InChI is InChI=1S/C20H22N4O/c1-3-24(4-2)16-11-9-15(10-12-16)13-22-23-20(25)18-14-21-19-8-6-5-7-17(18)19/h5-14,21H,3-4H2,1-2H3,(H,23,25)/b22-13-. The number of anilines is 1. The third-order valence-electron chi connectivity index (χ3n) is 4.24. The van der Waals surface area contributed by atoms with Gasteiger partial charge in [-0.25, -0.2) is 5.43 Å². The van der Waals surface area contributed by atoms with E-state index in [0.717, 1.165) is 29.6 Å². The number of carbonyl (C=O) groups excluding carboxylic acids is 1. The topological polar surface area (TPSA) is 60.5 Å². The molecule has 2 aromatic carbocycles. The Labute approximate surface area is 147 Å². The molecule has 0 aliphatic rings. The Morgan fingerprint density at radius 2 is 1.84 bits per heavy atom. The van der Waals surface area contributed by atoms with Crippen LogP contribution in [0.15, 0.2) is 59.8 Å². The maximum Gasteiger partial charge on any atom is 0.273 e. The fourth-order valence-electron chi connectivity index (χ4n) is 2.85. The molecule has 0 aliphatic carbocycles. The molecule has 0 saturated carbocycles. The summed E-state index contributed by atoms with van der Waals surface area (Å²) in [6.45, 7) is 6.23. The SMILES string of the molecule is CCN(CC)c1ccc(/C=N\NC(=O)c2c[nH]c3ccccc23)cc1. The molecule has 0 saturated heterocycles. The van der Waals surface area contributed by atoms with Gasteiger partial charge in [-0.2, -0.15) is 5.10 Å². The lowest BCUT2D eigenvalue weighted by Crippen LogP contribution is -2.21. The fraction of sp³-hybridized carbons (Fsp3) is 0.200. The van der Waals surface area contributed by atoms with Crippen LogP contribution in [-0.4, -0.2) is 30.2 Å². The van der Waals surface area contributed by atoms with Crippen molar-refractivity contribution in [1.82, 2.24) is 10.4 Å². The zero-order valence-electron chi connectivity index (χ0n) is 14.5. The average Bonchev–Trinajstić information content (AvgIpc) is 3.08. The minimum Gasteiger partial charge on any atom is -0.372 e. The molecule has 0 unspecified atom stereocenters. The van der Waals surface area contributed by atoms with Crippen LogP contribution < -0.4 is 10.3 Å². The van der Waals surface area contributed by atoms with Gasteiger partial charge in [-0.05, 0) is 37.6 Å². The van der Waals surface area contributed by atoms with Gasteiger partial charge in [0.15, 0.2) is 0 Å². The number of hydrogen-bond acceptors (Lipinski definition) is 3. The molecule has 5 nitrogen and oxygen atoms in total. The van der Waals surface area contributed by atoms with Gasteiger partial charge in [0.2, 0.25) is 0 Å². The molecule has 3 rings (SSSR count). The molecule has 2 N–H and O–H groups in total. The summed E-state index contributed by atoms with van der Waals surface area (Å²) in [5.74, 6) is -0.228. The monoisotopic (exact) mass is 334 g/mol. The number of carbonyl (C=O) groups is 1. The lowest BCUT2D eigenvalue weighted by molar-refractivity contribution is 0.0957. The molecule has 1 heterocycles. The van der Waals surface area contributed by atoms with E-state index in [9.17, 15) is 4.79 Å². The zero-order chi connectivity index (χ0) is 17.6. The van der Waals surface area contributed by atoms with E-state index in [-0.39, 0.29) is 5.91 Å². The Morgan fingerprint density at radius 3 is 2.56 bits per heavy atom. The van der Waals surface area contributed by atoms with Crippen molar-refractivity contribution in [2.75, 3.05) is 18.0 Å². The van der Waals surface area contributed by atoms with Crippen LogP contribution in [0.5, 0.6) is 0 Å². The van der Waals surface area contributed by atoms with Crippen LogP contribution in [0.2, 0.25) is 0 Å². The van der Waals surface area contributed by atoms with Crippen LogP contribution in [0.25, 0.3) is 10.9 Å². The maximum atomic E-state index is 12.3. The van der Waals surface area contributed by atoms with E-state index in [1.165, 1.54) is 5.69 Å². The highest BCUT2D eigenvalue weighted by molar-refractivity contribution is 6.06. The van der Waals surface area contributed by atoms with Crippen molar-refractivity contribution >= 4 is 28.7 Å². The van der Waals surface area contributed by atoms with E-state index in [0.29, 0.717) is 5.56 Å². The number of nitrogens with zero attached hydrogens (tertiary/aromatic N) is 2. The Balaban J connectivity index is 1.65. The third kappa shape index (κ3) is 3.71. The van der Waals surface area contributed by atoms with Gasteiger partial charge in [0.25, 0.3) is 5.91 Å². The molecule has 3 aromatic rings. The molecule has 0 atom stereocenters. The Morgan fingerprint density at radius 1 is 1.12 bits per heavy atom. The minimum atomic E-state index is -0.228. The van der Waals surface area contributed by atoms with Crippen molar-refractivity contribution in [3.8, 4) is 0 Å². The van der Waals surface area contributed by atoms with Gasteiger partial charge in [-0.3, -0.25) is 4.79 Å². The first-order chi connectivity index (χ1) is 12.2. The van der Waals surface area contributed by atoms with Gasteiger partial charge in [0.05, 0.1) is 11.8 Å². The summed E-state index contributed by atoms with van der Waals surface area (Å²) in [6, 6.07) is 15.8. The molecule has 0 radical (unpaired) electrons. The average molecular weight is 334 g/mol. The molecular weight excluding hydrogens is 312 g/mol. The number of benzene rings is 2. The number of amides is 1. The first kappa shape index (κ1) is 16.8. The first-order valence-corrected chi connectivity index (χ1v) is 8.47. The lowest BCUT2D eigenvalue weighted by atomic mass is 10.2. The van der Waals surface area contributed by atoms with Crippen LogP contribution in [-0.2, 0) is 0 Å². The Bertz CT molecular complexity index is 876. The molecule has 1 amide bonds. The summed E-state index contributed by atoms with van der Waals surface area (Å²) >= 11 is 0. The number of nitrogens with one attached hydrogen (secondary N) is 2. The van der Waals surface area contributed by atoms with Crippen molar-refractivity contribution in [2.45, 2.75) is 13.8 Å². The van der Waals surface area contributed by atoms with Crippen LogP contribution >= 0.6 is 0 Å². The van der Waals surface area contributed by atoms with Gasteiger partial charge < -0.3 is 9.88 Å². The molecular formula is C20H22N4O. The molecule has 0 spiro atoms. The molecule has 0 bridgehead atoms. The number of fused-ring (bicyclic) bond motifs is 1. The van der Waals surface area contributed by atoms with E-state index in [2.05, 4.69) is 46.4 Å². The number of hydrogen-bond donors (Lipinski definition) is 2. The second-order valence-corrected chi connectivity index (χ2v) is 5.71. The second-order valence-electron chi connectivity index (χ2n) is 5.71. The maximum absolute atomic E-state index is 12.3. The molecule has 0 aliphatic heterocycles. The largest absolute Gasteiger partial charge is 0.372 e. The Kier molecular flexibility index (Phi) is 5.14. The summed E-state index contributed by atoms with van der Waals surface area (Å²) in [6.07, 6.45) is 3.35. The summed E-state index contributed by atoms with van der Waals surface area (Å²) < 4.78 is 0. The third-order valence-corrected chi connectivity index (χ3v) is 4.24. The number of aromatic nitrogens is 1. The van der Waals surface area contributed by atoms with Crippen molar-refractivity contribution in [2.24, 2.45) is 5.10 Å².